The van der Waals surface area contributed by atoms with E-state index in [2.05, 4.69) is 12.1 Å². The van der Waals surface area contributed by atoms with Crippen molar-refractivity contribution in [2.75, 3.05) is 0 Å². The van der Waals surface area contributed by atoms with Crippen LogP contribution in [0.25, 0.3) is 0 Å². The fourth-order valence-electron chi connectivity index (χ4n) is 1.51. The molecule has 0 bridgehead atoms. The van der Waals surface area contributed by atoms with Gasteiger partial charge in [-0.05, 0) is 39.5 Å². The lowest BCUT2D eigenvalue weighted by Gasteiger charge is -2.15. The molecule has 1 nitrogen and oxygen atoms in total. The first-order valence-electron chi connectivity index (χ1n) is 4.23. The van der Waals surface area contributed by atoms with Crippen LogP contribution in [0.4, 0.5) is 0 Å². The average molecular weight is 149 g/mol. The third-order valence-corrected chi connectivity index (χ3v) is 2.11. The lowest BCUT2D eigenvalue weighted by molar-refractivity contribution is 0.485. The summed E-state index contributed by atoms with van der Waals surface area (Å²) in [5.41, 5.74) is 1.33. The number of hydrogen-bond acceptors (Lipinski definition) is 1. The first-order valence-corrected chi connectivity index (χ1v) is 4.23. The van der Waals surface area contributed by atoms with Crippen molar-refractivity contribution in [3.05, 3.63) is 11.6 Å². The Balaban J connectivity index is 2.48. The molecule has 1 heteroatoms. The second-order valence-electron chi connectivity index (χ2n) is 3.93. The van der Waals surface area contributed by atoms with Crippen molar-refractivity contribution >= 4 is 0 Å². The van der Waals surface area contributed by atoms with Gasteiger partial charge in [0.25, 0.3) is 0 Å². The third kappa shape index (κ3) is 2.38. The highest BCUT2D eigenvalue weighted by molar-refractivity contribution is 5.12. The van der Waals surface area contributed by atoms with Gasteiger partial charge in [-0.3, -0.25) is 0 Å². The molecule has 11 heavy (non-hydrogen) atoms. The van der Waals surface area contributed by atoms with Gasteiger partial charge < -0.3 is 0 Å². The van der Waals surface area contributed by atoms with Crippen LogP contribution >= 0.6 is 0 Å². The number of nitrogens with zero attached hydrogens (tertiary/aromatic N) is 1. The molecule has 60 valence electrons. The van der Waals surface area contributed by atoms with Crippen molar-refractivity contribution < 1.29 is 0 Å². The van der Waals surface area contributed by atoms with Crippen LogP contribution in [0.15, 0.2) is 11.6 Å². The molecule has 0 fully saturated rings. The number of hydrogen-bond donors (Lipinski definition) is 0. The Bertz CT molecular complexity index is 205. The normalized spacial score (nSPS) is 17.7. The van der Waals surface area contributed by atoms with E-state index in [1.165, 1.54) is 24.8 Å². The van der Waals surface area contributed by atoms with Gasteiger partial charge in [0, 0.05) is 0 Å². The van der Waals surface area contributed by atoms with E-state index in [1.807, 2.05) is 13.8 Å². The van der Waals surface area contributed by atoms with Crippen molar-refractivity contribution in [3.8, 4) is 6.07 Å². The molecule has 1 rings (SSSR count). The van der Waals surface area contributed by atoms with Crippen LogP contribution < -0.4 is 0 Å². The molecule has 0 heterocycles. The van der Waals surface area contributed by atoms with Gasteiger partial charge in [-0.2, -0.15) is 5.26 Å². The first kappa shape index (κ1) is 8.33. The Morgan fingerprint density at radius 1 is 1.64 bits per heavy atom. The summed E-state index contributed by atoms with van der Waals surface area (Å²) in [6.07, 6.45) is 6.97. The Morgan fingerprint density at radius 2 is 2.36 bits per heavy atom. The quantitative estimate of drug-likeness (QED) is 0.553. The average Bonchev–Trinajstić information content (AvgIpc) is 2.39. The van der Waals surface area contributed by atoms with E-state index < -0.39 is 0 Å². The zero-order chi connectivity index (χ0) is 8.32. The first-order chi connectivity index (χ1) is 5.14. The minimum Gasteiger partial charge on any atom is -0.198 e. The predicted molar refractivity (Wildman–Crippen MR) is 45.9 cm³/mol. The van der Waals surface area contributed by atoms with Gasteiger partial charge in [0.2, 0.25) is 0 Å². The minimum atomic E-state index is -0.157. The van der Waals surface area contributed by atoms with Crippen LogP contribution in [0.3, 0.4) is 0 Å². The molecule has 0 amide bonds. The van der Waals surface area contributed by atoms with Gasteiger partial charge in [0.1, 0.15) is 0 Å². The van der Waals surface area contributed by atoms with E-state index in [1.54, 1.807) is 0 Å². The number of allylic oxidation sites excluding steroid dienone is 2. The molecule has 0 aromatic heterocycles. The molecule has 0 atom stereocenters. The summed E-state index contributed by atoms with van der Waals surface area (Å²) in [6, 6.07) is 2.33. The molecule has 0 aliphatic heterocycles. The highest BCUT2D eigenvalue weighted by Crippen LogP contribution is 2.30. The SMILES string of the molecule is CC(C)(C#N)CC1=CCCC1. The van der Waals surface area contributed by atoms with Crippen LogP contribution in [-0.2, 0) is 0 Å². The van der Waals surface area contributed by atoms with Crippen molar-refractivity contribution in [1.29, 1.82) is 5.26 Å². The molecule has 0 N–H and O–H groups in total. The fourth-order valence-corrected chi connectivity index (χ4v) is 1.51. The summed E-state index contributed by atoms with van der Waals surface area (Å²) < 4.78 is 0. The molecule has 0 unspecified atom stereocenters. The van der Waals surface area contributed by atoms with Crippen molar-refractivity contribution in [1.82, 2.24) is 0 Å². The van der Waals surface area contributed by atoms with Gasteiger partial charge in [-0.25, -0.2) is 0 Å². The second kappa shape index (κ2) is 3.09. The van der Waals surface area contributed by atoms with Crippen molar-refractivity contribution in [2.45, 2.75) is 39.5 Å². The zero-order valence-electron chi connectivity index (χ0n) is 7.35. The summed E-state index contributed by atoms with van der Waals surface area (Å²) in [5.74, 6) is 0. The molecule has 0 radical (unpaired) electrons. The maximum absolute atomic E-state index is 8.78. The molecule has 1 aliphatic rings. The smallest absolute Gasteiger partial charge is 0.0687 e. The maximum Gasteiger partial charge on any atom is 0.0687 e. The summed E-state index contributed by atoms with van der Waals surface area (Å²) in [5, 5.41) is 8.78. The molecule has 1 aliphatic carbocycles. The molecule has 0 saturated heterocycles. The van der Waals surface area contributed by atoms with Gasteiger partial charge in [0.05, 0.1) is 11.5 Å². The van der Waals surface area contributed by atoms with E-state index in [9.17, 15) is 0 Å². The van der Waals surface area contributed by atoms with Crippen LogP contribution in [-0.4, -0.2) is 0 Å². The van der Waals surface area contributed by atoms with E-state index >= 15 is 0 Å². The minimum absolute atomic E-state index is 0.157. The molecule has 0 aromatic rings. The number of nitriles is 1. The molecular weight excluding hydrogens is 134 g/mol. The van der Waals surface area contributed by atoms with E-state index in [-0.39, 0.29) is 5.41 Å². The highest BCUT2D eigenvalue weighted by atomic mass is 14.3. The standard InChI is InChI=1S/C10H15N/c1-10(2,8-11)7-9-5-3-4-6-9/h5H,3-4,6-7H2,1-2H3. The summed E-state index contributed by atoms with van der Waals surface area (Å²) in [7, 11) is 0. The Morgan fingerprint density at radius 3 is 2.82 bits per heavy atom. The van der Waals surface area contributed by atoms with Crippen molar-refractivity contribution in [3.63, 3.8) is 0 Å². The monoisotopic (exact) mass is 149 g/mol. The van der Waals surface area contributed by atoms with Gasteiger partial charge in [-0.15, -0.1) is 0 Å². The van der Waals surface area contributed by atoms with Crippen LogP contribution in [0.1, 0.15) is 39.5 Å². The van der Waals surface area contributed by atoms with Crippen LogP contribution in [0, 0.1) is 16.7 Å². The second-order valence-corrected chi connectivity index (χ2v) is 3.93. The topological polar surface area (TPSA) is 23.8 Å². The van der Waals surface area contributed by atoms with E-state index in [0.29, 0.717) is 0 Å². The molecule has 0 saturated carbocycles. The lowest BCUT2D eigenvalue weighted by Crippen LogP contribution is -2.08. The van der Waals surface area contributed by atoms with Crippen molar-refractivity contribution in [2.24, 2.45) is 5.41 Å². The summed E-state index contributed by atoms with van der Waals surface area (Å²) in [4.78, 5) is 0. The predicted octanol–water partition coefficient (Wildman–Crippen LogP) is 3.04. The van der Waals surface area contributed by atoms with Crippen LogP contribution in [0.5, 0.6) is 0 Å². The molecule has 0 spiro atoms. The van der Waals surface area contributed by atoms with E-state index in [4.69, 9.17) is 5.26 Å². The fraction of sp³-hybridized carbons (Fsp3) is 0.700. The Hall–Kier alpha value is -0.770. The molecule has 0 aromatic carbocycles. The Labute approximate surface area is 68.7 Å². The van der Waals surface area contributed by atoms with Crippen LogP contribution in [0.2, 0.25) is 0 Å². The third-order valence-electron chi connectivity index (χ3n) is 2.11. The summed E-state index contributed by atoms with van der Waals surface area (Å²) in [6.45, 7) is 4.01. The zero-order valence-corrected chi connectivity index (χ0v) is 7.35. The largest absolute Gasteiger partial charge is 0.198 e. The van der Waals surface area contributed by atoms with Gasteiger partial charge in [-0.1, -0.05) is 11.6 Å². The van der Waals surface area contributed by atoms with Gasteiger partial charge in [0.15, 0.2) is 0 Å². The number of rotatable bonds is 2. The van der Waals surface area contributed by atoms with Gasteiger partial charge >= 0.3 is 0 Å². The highest BCUT2D eigenvalue weighted by Gasteiger charge is 2.19. The maximum atomic E-state index is 8.78. The Kier molecular flexibility index (Phi) is 2.34. The summed E-state index contributed by atoms with van der Waals surface area (Å²) >= 11 is 0. The van der Waals surface area contributed by atoms with E-state index in [0.717, 1.165) is 6.42 Å². The lowest BCUT2D eigenvalue weighted by atomic mass is 9.87. The molecular formula is C10H15N.